The van der Waals surface area contributed by atoms with Gasteiger partial charge in [0.2, 0.25) is 0 Å². The number of carbonyl (C=O) groups excluding carboxylic acids is 1. The van der Waals surface area contributed by atoms with Crippen LogP contribution in [0.1, 0.15) is 21.5 Å². The highest BCUT2D eigenvalue weighted by molar-refractivity contribution is 5.95. The monoisotopic (exact) mass is 420 g/mol. The molecule has 0 saturated heterocycles. The Kier molecular flexibility index (Phi) is 7.48. The highest BCUT2D eigenvalue weighted by Gasteiger charge is 2.07. The Hall–Kier alpha value is -4.00. The van der Waals surface area contributed by atoms with Crippen LogP contribution < -0.4 is 24.4 Å². The molecule has 0 heterocycles. The Morgan fingerprint density at radius 3 is 2.06 bits per heavy atom. The molecule has 0 spiro atoms. The zero-order chi connectivity index (χ0) is 22.1. The van der Waals surface area contributed by atoms with Crippen LogP contribution in [0.15, 0.2) is 71.8 Å². The van der Waals surface area contributed by atoms with Crippen LogP contribution >= 0.6 is 0 Å². The van der Waals surface area contributed by atoms with Gasteiger partial charge in [-0.05, 0) is 72.3 Å². The second-order valence-corrected chi connectivity index (χ2v) is 6.46. The molecular weight excluding hydrogens is 396 g/mol. The Morgan fingerprint density at radius 1 is 0.839 bits per heavy atom. The lowest BCUT2D eigenvalue weighted by molar-refractivity contribution is 0.0955. The first-order chi connectivity index (χ1) is 15.1. The van der Waals surface area contributed by atoms with E-state index < -0.39 is 0 Å². The fourth-order valence-electron chi connectivity index (χ4n) is 2.80. The summed E-state index contributed by atoms with van der Waals surface area (Å²) in [7, 11) is 4.80. The molecule has 0 radical (unpaired) electrons. The van der Waals surface area contributed by atoms with Crippen LogP contribution in [0, 0.1) is 0 Å². The normalized spacial score (nSPS) is 10.5. The van der Waals surface area contributed by atoms with Crippen LogP contribution in [0.4, 0.5) is 0 Å². The second kappa shape index (κ2) is 10.7. The summed E-state index contributed by atoms with van der Waals surface area (Å²) >= 11 is 0. The minimum Gasteiger partial charge on any atom is -0.497 e. The van der Waals surface area contributed by atoms with E-state index in [0.29, 0.717) is 29.4 Å². The summed E-state index contributed by atoms with van der Waals surface area (Å²) in [6.07, 6.45) is 1.57. The van der Waals surface area contributed by atoms with Crippen molar-refractivity contribution in [1.82, 2.24) is 5.43 Å². The van der Waals surface area contributed by atoms with E-state index in [-0.39, 0.29) is 5.91 Å². The Bertz CT molecular complexity index is 1030. The smallest absolute Gasteiger partial charge is 0.271 e. The third kappa shape index (κ3) is 5.99. The molecule has 0 atom stereocenters. The van der Waals surface area contributed by atoms with Crippen LogP contribution in [0.3, 0.4) is 0 Å². The number of ether oxygens (including phenoxy) is 4. The summed E-state index contributed by atoms with van der Waals surface area (Å²) < 4.78 is 21.5. The molecule has 160 valence electrons. The average Bonchev–Trinajstić information content (AvgIpc) is 2.83. The minimum absolute atomic E-state index is 0.310. The largest absolute Gasteiger partial charge is 0.497 e. The molecule has 7 heteroatoms. The summed E-state index contributed by atoms with van der Waals surface area (Å²) in [5.74, 6) is 2.56. The van der Waals surface area contributed by atoms with Gasteiger partial charge in [-0.1, -0.05) is 0 Å². The quantitative estimate of drug-likeness (QED) is 0.417. The molecular formula is C24H24N2O5. The predicted octanol–water partition coefficient (Wildman–Crippen LogP) is 4.06. The van der Waals surface area contributed by atoms with Gasteiger partial charge in [0.05, 0.1) is 27.5 Å². The number of amides is 1. The van der Waals surface area contributed by atoms with Crippen LogP contribution in [0.2, 0.25) is 0 Å². The molecule has 0 saturated carbocycles. The number of hydrazone groups is 1. The van der Waals surface area contributed by atoms with Gasteiger partial charge in [-0.15, -0.1) is 0 Å². The molecule has 7 nitrogen and oxygen atoms in total. The number of carbonyl (C=O) groups is 1. The number of hydrogen-bond acceptors (Lipinski definition) is 6. The van der Waals surface area contributed by atoms with Crippen molar-refractivity contribution in [2.45, 2.75) is 6.61 Å². The van der Waals surface area contributed by atoms with E-state index in [1.807, 2.05) is 42.5 Å². The van der Waals surface area contributed by atoms with Crippen molar-refractivity contribution >= 4 is 12.1 Å². The molecule has 0 unspecified atom stereocenters. The Morgan fingerprint density at radius 2 is 1.45 bits per heavy atom. The fraction of sp³-hybridized carbons (Fsp3) is 0.167. The zero-order valence-electron chi connectivity index (χ0n) is 17.6. The van der Waals surface area contributed by atoms with Gasteiger partial charge < -0.3 is 18.9 Å². The van der Waals surface area contributed by atoms with Gasteiger partial charge in [-0.3, -0.25) is 4.79 Å². The van der Waals surface area contributed by atoms with E-state index in [4.69, 9.17) is 18.9 Å². The number of hydrogen-bond donors (Lipinski definition) is 1. The maximum absolute atomic E-state index is 12.2. The number of benzene rings is 3. The van der Waals surface area contributed by atoms with E-state index >= 15 is 0 Å². The van der Waals surface area contributed by atoms with E-state index in [9.17, 15) is 4.79 Å². The summed E-state index contributed by atoms with van der Waals surface area (Å²) in [5, 5.41) is 4.04. The van der Waals surface area contributed by atoms with Gasteiger partial charge in [-0.25, -0.2) is 5.43 Å². The Labute approximate surface area is 181 Å². The van der Waals surface area contributed by atoms with Crippen molar-refractivity contribution < 1.29 is 23.7 Å². The van der Waals surface area contributed by atoms with Crippen LogP contribution in [0.5, 0.6) is 23.0 Å². The van der Waals surface area contributed by atoms with Crippen molar-refractivity contribution in [3.05, 3.63) is 83.4 Å². The average molecular weight is 420 g/mol. The van der Waals surface area contributed by atoms with Crippen molar-refractivity contribution in [1.29, 1.82) is 0 Å². The molecule has 31 heavy (non-hydrogen) atoms. The minimum atomic E-state index is -0.310. The van der Waals surface area contributed by atoms with Gasteiger partial charge in [-0.2, -0.15) is 5.10 Å². The third-order valence-corrected chi connectivity index (χ3v) is 4.49. The molecule has 1 amide bonds. The molecule has 0 aromatic heterocycles. The first kappa shape index (κ1) is 21.7. The molecule has 0 bridgehead atoms. The van der Waals surface area contributed by atoms with E-state index in [1.54, 1.807) is 51.8 Å². The fourth-order valence-corrected chi connectivity index (χ4v) is 2.80. The van der Waals surface area contributed by atoms with Gasteiger partial charge in [0.1, 0.15) is 29.6 Å². The highest BCUT2D eigenvalue weighted by Crippen LogP contribution is 2.23. The Balaban J connectivity index is 1.63. The lowest BCUT2D eigenvalue weighted by Crippen LogP contribution is -2.17. The summed E-state index contributed by atoms with van der Waals surface area (Å²) in [5.41, 5.74) is 4.65. The molecule has 0 aliphatic heterocycles. The molecule has 0 aliphatic rings. The SMILES string of the molecule is COc1ccc(OCc2cc(/C=N/NC(=O)c3ccc(OC)cc3)ccc2OC)cc1. The summed E-state index contributed by atoms with van der Waals surface area (Å²) in [4.78, 5) is 12.2. The standard InChI is InChI=1S/C24H24N2O5/c1-28-20-7-5-18(6-8-20)24(27)26-25-15-17-4-13-23(30-3)19(14-17)16-31-22-11-9-21(29-2)10-12-22/h4-15H,16H2,1-3H3,(H,26,27)/b25-15+. The van der Waals surface area contributed by atoms with Crippen LogP contribution in [-0.2, 0) is 6.61 Å². The first-order valence-electron chi connectivity index (χ1n) is 9.54. The lowest BCUT2D eigenvalue weighted by atomic mass is 10.1. The molecule has 3 rings (SSSR count). The number of rotatable bonds is 9. The van der Waals surface area contributed by atoms with Gasteiger partial charge in [0.25, 0.3) is 5.91 Å². The molecule has 1 N–H and O–H groups in total. The third-order valence-electron chi connectivity index (χ3n) is 4.49. The van der Waals surface area contributed by atoms with Gasteiger partial charge in [0.15, 0.2) is 0 Å². The summed E-state index contributed by atoms with van der Waals surface area (Å²) in [6, 6.07) is 19.7. The number of nitrogens with one attached hydrogen (secondary N) is 1. The van der Waals surface area contributed by atoms with Gasteiger partial charge in [0, 0.05) is 11.1 Å². The summed E-state index contributed by atoms with van der Waals surface area (Å²) in [6.45, 7) is 0.315. The second-order valence-electron chi connectivity index (χ2n) is 6.46. The van der Waals surface area contributed by atoms with Crippen LogP contribution in [-0.4, -0.2) is 33.5 Å². The van der Waals surface area contributed by atoms with Crippen molar-refractivity contribution in [2.24, 2.45) is 5.10 Å². The number of methoxy groups -OCH3 is 3. The predicted molar refractivity (Wildman–Crippen MR) is 118 cm³/mol. The molecule has 3 aromatic rings. The first-order valence-corrected chi connectivity index (χ1v) is 9.54. The van der Waals surface area contributed by atoms with Crippen molar-refractivity contribution in [2.75, 3.05) is 21.3 Å². The lowest BCUT2D eigenvalue weighted by Gasteiger charge is -2.11. The molecule has 3 aromatic carbocycles. The maximum Gasteiger partial charge on any atom is 0.271 e. The van der Waals surface area contributed by atoms with Crippen LogP contribution in [0.25, 0.3) is 0 Å². The molecule has 0 fully saturated rings. The van der Waals surface area contributed by atoms with E-state index in [0.717, 1.165) is 16.9 Å². The maximum atomic E-state index is 12.2. The number of nitrogens with zero attached hydrogens (tertiary/aromatic N) is 1. The topological polar surface area (TPSA) is 78.4 Å². The molecule has 0 aliphatic carbocycles. The van der Waals surface area contributed by atoms with E-state index in [2.05, 4.69) is 10.5 Å². The van der Waals surface area contributed by atoms with E-state index in [1.165, 1.54) is 0 Å². The van der Waals surface area contributed by atoms with Crippen molar-refractivity contribution in [3.8, 4) is 23.0 Å². The zero-order valence-corrected chi connectivity index (χ0v) is 17.6. The highest BCUT2D eigenvalue weighted by atomic mass is 16.5. The van der Waals surface area contributed by atoms with Crippen molar-refractivity contribution in [3.63, 3.8) is 0 Å². The van der Waals surface area contributed by atoms with Gasteiger partial charge >= 0.3 is 0 Å².